The number of ether oxygens (including phenoxy) is 3. The second-order valence-corrected chi connectivity index (χ2v) is 10.5. The molecule has 0 aliphatic carbocycles. The third-order valence-electron chi connectivity index (χ3n) is 6.39. The highest BCUT2D eigenvalue weighted by Crippen LogP contribution is 2.37. The number of fused-ring (bicyclic) bond motifs is 2. The van der Waals surface area contributed by atoms with Gasteiger partial charge in [-0.05, 0) is 69.9 Å². The maximum Gasteiger partial charge on any atom is 0.338 e. The van der Waals surface area contributed by atoms with Crippen LogP contribution in [0.15, 0.2) is 80.1 Å². The Balaban J connectivity index is 1.78. The molecule has 2 heterocycles. The van der Waals surface area contributed by atoms with Gasteiger partial charge >= 0.3 is 5.97 Å². The van der Waals surface area contributed by atoms with Crippen LogP contribution >= 0.6 is 27.3 Å². The smallest absolute Gasteiger partial charge is 0.338 e. The molecule has 1 atom stereocenters. The third-order valence-corrected chi connectivity index (χ3v) is 7.96. The number of carbonyl (C=O) groups is 1. The van der Waals surface area contributed by atoms with Crippen molar-refractivity contribution in [3.05, 3.63) is 101 Å². The summed E-state index contributed by atoms with van der Waals surface area (Å²) >= 11 is 4.79. The topological polar surface area (TPSA) is 79.1 Å². The van der Waals surface area contributed by atoms with E-state index in [9.17, 15) is 9.59 Å². The maximum atomic E-state index is 14.0. The average molecular weight is 593 g/mol. The Bertz CT molecular complexity index is 1780. The Labute approximate surface area is 231 Å². The fraction of sp³-hybridized carbons (Fsp3) is 0.207. The van der Waals surface area contributed by atoms with Crippen LogP contribution in [-0.2, 0) is 9.53 Å². The largest absolute Gasteiger partial charge is 0.493 e. The van der Waals surface area contributed by atoms with Crippen molar-refractivity contribution in [2.24, 2.45) is 4.99 Å². The zero-order valence-electron chi connectivity index (χ0n) is 21.3. The van der Waals surface area contributed by atoms with Crippen molar-refractivity contribution in [1.29, 1.82) is 0 Å². The SMILES string of the molecule is CCOC(=O)C1=C(C)N=c2s/c(=C\c3cc(Br)c(OC)c(OC)c3)c(=O)n2[C@@H]1c1cccc2ccccc12. The van der Waals surface area contributed by atoms with Gasteiger partial charge in [0.15, 0.2) is 16.3 Å². The Morgan fingerprint density at radius 3 is 2.63 bits per heavy atom. The second-order valence-electron chi connectivity index (χ2n) is 8.61. The first-order valence-electron chi connectivity index (χ1n) is 12.0. The number of thiazole rings is 1. The molecule has 194 valence electrons. The Hall–Kier alpha value is -3.69. The molecule has 1 aliphatic rings. The van der Waals surface area contributed by atoms with E-state index >= 15 is 0 Å². The molecule has 38 heavy (non-hydrogen) atoms. The van der Waals surface area contributed by atoms with Gasteiger partial charge in [-0.3, -0.25) is 9.36 Å². The van der Waals surface area contributed by atoms with Crippen LogP contribution in [-0.4, -0.2) is 31.4 Å². The van der Waals surface area contributed by atoms with Crippen molar-refractivity contribution in [1.82, 2.24) is 4.57 Å². The number of carbonyl (C=O) groups excluding carboxylic acids is 1. The lowest BCUT2D eigenvalue weighted by Crippen LogP contribution is -2.40. The third kappa shape index (κ3) is 4.46. The van der Waals surface area contributed by atoms with Crippen molar-refractivity contribution in [2.75, 3.05) is 20.8 Å². The summed E-state index contributed by atoms with van der Waals surface area (Å²) in [7, 11) is 3.13. The highest BCUT2D eigenvalue weighted by Gasteiger charge is 2.34. The number of hydrogen-bond acceptors (Lipinski definition) is 7. The number of aromatic nitrogens is 1. The molecule has 0 unspecified atom stereocenters. The summed E-state index contributed by atoms with van der Waals surface area (Å²) in [5.41, 5.74) is 2.23. The van der Waals surface area contributed by atoms with Gasteiger partial charge in [-0.2, -0.15) is 0 Å². The number of halogens is 1. The molecule has 0 fully saturated rings. The average Bonchev–Trinajstić information content (AvgIpc) is 3.21. The number of benzene rings is 3. The summed E-state index contributed by atoms with van der Waals surface area (Å²) in [6, 6.07) is 16.8. The predicted molar refractivity (Wildman–Crippen MR) is 152 cm³/mol. The quantitative estimate of drug-likeness (QED) is 0.302. The molecule has 7 nitrogen and oxygen atoms in total. The van der Waals surface area contributed by atoms with Gasteiger partial charge in [0.05, 0.1) is 47.1 Å². The lowest BCUT2D eigenvalue weighted by Gasteiger charge is -2.25. The number of nitrogens with zero attached hydrogens (tertiary/aromatic N) is 2. The van der Waals surface area contributed by atoms with Crippen LogP contribution in [0.2, 0.25) is 0 Å². The molecule has 1 aliphatic heterocycles. The predicted octanol–water partition coefficient (Wildman–Crippen LogP) is 4.73. The van der Waals surface area contributed by atoms with Gasteiger partial charge in [-0.1, -0.05) is 53.8 Å². The normalized spacial score (nSPS) is 15.3. The summed E-state index contributed by atoms with van der Waals surface area (Å²) in [6.45, 7) is 3.76. The minimum Gasteiger partial charge on any atom is -0.493 e. The minimum atomic E-state index is -0.685. The van der Waals surface area contributed by atoms with Crippen molar-refractivity contribution in [2.45, 2.75) is 19.9 Å². The maximum absolute atomic E-state index is 14.0. The Morgan fingerprint density at radius 2 is 1.89 bits per heavy atom. The zero-order valence-corrected chi connectivity index (χ0v) is 23.7. The lowest BCUT2D eigenvalue weighted by atomic mass is 9.91. The molecule has 5 rings (SSSR count). The van der Waals surface area contributed by atoms with Gasteiger partial charge < -0.3 is 14.2 Å². The fourth-order valence-electron chi connectivity index (χ4n) is 4.75. The van der Waals surface area contributed by atoms with Gasteiger partial charge in [0.25, 0.3) is 5.56 Å². The number of rotatable bonds is 6. The summed E-state index contributed by atoms with van der Waals surface area (Å²) in [5.74, 6) is 0.622. The molecule has 0 bridgehead atoms. The van der Waals surface area contributed by atoms with E-state index in [4.69, 9.17) is 14.2 Å². The van der Waals surface area contributed by atoms with Crippen LogP contribution in [0, 0.1) is 0 Å². The molecule has 0 saturated heterocycles. The molecule has 0 radical (unpaired) electrons. The first-order chi connectivity index (χ1) is 18.4. The summed E-state index contributed by atoms with van der Waals surface area (Å²) < 4.78 is 19.1. The van der Waals surface area contributed by atoms with Crippen LogP contribution in [0.5, 0.6) is 11.5 Å². The molecule has 0 spiro atoms. The fourth-order valence-corrected chi connectivity index (χ4v) is 6.42. The molecule has 3 aromatic carbocycles. The van der Waals surface area contributed by atoms with Crippen molar-refractivity contribution in [3.63, 3.8) is 0 Å². The van der Waals surface area contributed by atoms with Gasteiger partial charge in [0.2, 0.25) is 0 Å². The van der Waals surface area contributed by atoms with Crippen LogP contribution in [0.25, 0.3) is 16.8 Å². The van der Waals surface area contributed by atoms with E-state index in [0.29, 0.717) is 36.6 Å². The van der Waals surface area contributed by atoms with Crippen molar-refractivity contribution >= 4 is 50.1 Å². The molecule has 1 aromatic heterocycles. The number of hydrogen-bond donors (Lipinski definition) is 0. The molecule has 9 heteroatoms. The van der Waals surface area contributed by atoms with Gasteiger partial charge in [0.1, 0.15) is 0 Å². The van der Waals surface area contributed by atoms with Gasteiger partial charge in [0, 0.05) is 0 Å². The molecule has 4 aromatic rings. The van der Waals surface area contributed by atoms with Gasteiger partial charge in [-0.15, -0.1) is 0 Å². The number of allylic oxidation sites excluding steroid dienone is 1. The zero-order chi connectivity index (χ0) is 27.0. The van der Waals surface area contributed by atoms with Crippen LogP contribution in [0.3, 0.4) is 0 Å². The molecule has 0 saturated carbocycles. The van der Waals surface area contributed by atoms with E-state index in [2.05, 4.69) is 20.9 Å². The molecular weight excluding hydrogens is 568 g/mol. The monoisotopic (exact) mass is 592 g/mol. The molecular formula is C29H25BrN2O5S. The molecule has 0 N–H and O–H groups in total. The van der Waals surface area contributed by atoms with E-state index in [1.165, 1.54) is 11.3 Å². The summed E-state index contributed by atoms with van der Waals surface area (Å²) in [6.07, 6.45) is 1.79. The van der Waals surface area contributed by atoms with E-state index in [1.807, 2.05) is 48.5 Å². The summed E-state index contributed by atoms with van der Waals surface area (Å²) in [5, 5.41) is 1.97. The number of methoxy groups -OCH3 is 2. The standard InChI is InChI=1S/C29H25BrN2O5S/c1-5-37-28(34)24-16(2)31-29-32(25(24)20-12-8-10-18-9-6-7-11-19(18)20)27(33)23(38-29)15-17-13-21(30)26(36-4)22(14-17)35-3/h6-15,25H,5H2,1-4H3/b23-15-/t25-/m1/s1. The highest BCUT2D eigenvalue weighted by molar-refractivity contribution is 9.10. The van der Waals surface area contributed by atoms with Crippen LogP contribution in [0.4, 0.5) is 0 Å². The van der Waals surface area contributed by atoms with Crippen LogP contribution in [0.1, 0.15) is 31.0 Å². The van der Waals surface area contributed by atoms with E-state index in [0.717, 1.165) is 21.9 Å². The minimum absolute atomic E-state index is 0.219. The Morgan fingerprint density at radius 1 is 1.13 bits per heavy atom. The van der Waals surface area contributed by atoms with Crippen molar-refractivity contribution in [3.8, 4) is 11.5 Å². The van der Waals surface area contributed by atoms with Crippen LogP contribution < -0.4 is 24.4 Å². The van der Waals surface area contributed by atoms with E-state index in [1.54, 1.807) is 44.8 Å². The van der Waals surface area contributed by atoms with Crippen molar-refractivity contribution < 1.29 is 19.0 Å². The second kappa shape index (κ2) is 10.6. The highest BCUT2D eigenvalue weighted by atomic mass is 79.9. The molecule has 0 amide bonds. The first-order valence-corrected chi connectivity index (χ1v) is 13.6. The number of esters is 1. The summed E-state index contributed by atoms with van der Waals surface area (Å²) in [4.78, 5) is 32.4. The lowest BCUT2D eigenvalue weighted by molar-refractivity contribution is -0.139. The first kappa shape index (κ1) is 25.9. The Kier molecular flexibility index (Phi) is 7.23. The van der Waals surface area contributed by atoms with E-state index < -0.39 is 12.0 Å². The van der Waals surface area contributed by atoms with E-state index in [-0.39, 0.29) is 12.2 Å². The van der Waals surface area contributed by atoms with Gasteiger partial charge in [-0.25, -0.2) is 9.79 Å².